The SMILES string of the molecule is CCCCCCCCCCCC[CH]C(CC)C(=O)O. The van der Waals surface area contributed by atoms with E-state index in [0.29, 0.717) is 6.42 Å². The molecule has 0 saturated carbocycles. The first-order valence-electron chi connectivity index (χ1n) is 8.28. The Morgan fingerprint density at radius 2 is 1.37 bits per heavy atom. The fourth-order valence-corrected chi connectivity index (χ4v) is 2.39. The summed E-state index contributed by atoms with van der Waals surface area (Å²) in [6.07, 6.45) is 17.0. The van der Waals surface area contributed by atoms with Gasteiger partial charge in [-0.25, -0.2) is 0 Å². The molecule has 0 aromatic carbocycles. The highest BCUT2D eigenvalue weighted by molar-refractivity contribution is 5.71. The van der Waals surface area contributed by atoms with Gasteiger partial charge >= 0.3 is 5.97 Å². The van der Waals surface area contributed by atoms with Crippen molar-refractivity contribution in [2.75, 3.05) is 0 Å². The topological polar surface area (TPSA) is 37.3 Å². The molecule has 0 saturated heterocycles. The van der Waals surface area contributed by atoms with Gasteiger partial charge in [0.2, 0.25) is 0 Å². The molecule has 2 nitrogen and oxygen atoms in total. The molecular formula is C17H33O2. The summed E-state index contributed by atoms with van der Waals surface area (Å²) in [5.41, 5.74) is 0. The summed E-state index contributed by atoms with van der Waals surface area (Å²) >= 11 is 0. The van der Waals surface area contributed by atoms with E-state index in [9.17, 15) is 4.79 Å². The van der Waals surface area contributed by atoms with Crippen molar-refractivity contribution in [3.8, 4) is 0 Å². The van der Waals surface area contributed by atoms with Crippen molar-refractivity contribution in [3.05, 3.63) is 6.42 Å². The number of carbonyl (C=O) groups is 1. The van der Waals surface area contributed by atoms with E-state index in [0.717, 1.165) is 12.8 Å². The molecule has 1 N–H and O–H groups in total. The van der Waals surface area contributed by atoms with Crippen LogP contribution in [0.15, 0.2) is 0 Å². The second kappa shape index (κ2) is 13.9. The van der Waals surface area contributed by atoms with E-state index in [-0.39, 0.29) is 5.92 Å². The van der Waals surface area contributed by atoms with Crippen LogP contribution in [0, 0.1) is 12.3 Å². The maximum absolute atomic E-state index is 10.8. The molecule has 0 fully saturated rings. The standard InChI is InChI=1S/C17H33O2/c1-3-5-6-7-8-9-10-11-12-13-14-15-16(4-2)17(18)19/h15-16H,3-14H2,1-2H3,(H,18,19). The van der Waals surface area contributed by atoms with E-state index in [2.05, 4.69) is 6.92 Å². The third-order valence-corrected chi connectivity index (χ3v) is 3.77. The van der Waals surface area contributed by atoms with Crippen molar-refractivity contribution in [2.45, 2.75) is 90.9 Å². The van der Waals surface area contributed by atoms with Gasteiger partial charge in [-0.05, 0) is 19.3 Å². The van der Waals surface area contributed by atoms with E-state index >= 15 is 0 Å². The average molecular weight is 269 g/mol. The summed E-state index contributed by atoms with van der Waals surface area (Å²) in [4.78, 5) is 10.8. The maximum Gasteiger partial charge on any atom is 0.306 e. The number of carboxylic acid groups (broad SMARTS) is 1. The summed E-state index contributed by atoms with van der Waals surface area (Å²) in [6.45, 7) is 4.19. The van der Waals surface area contributed by atoms with Crippen molar-refractivity contribution in [2.24, 2.45) is 5.92 Å². The highest BCUT2D eigenvalue weighted by Gasteiger charge is 2.13. The van der Waals surface area contributed by atoms with Gasteiger partial charge in [-0.2, -0.15) is 0 Å². The van der Waals surface area contributed by atoms with E-state index in [1.54, 1.807) is 0 Å². The van der Waals surface area contributed by atoms with Gasteiger partial charge in [0, 0.05) is 0 Å². The largest absolute Gasteiger partial charge is 0.481 e. The van der Waals surface area contributed by atoms with Gasteiger partial charge in [0.05, 0.1) is 5.92 Å². The van der Waals surface area contributed by atoms with Crippen molar-refractivity contribution >= 4 is 5.97 Å². The van der Waals surface area contributed by atoms with Gasteiger partial charge in [-0.3, -0.25) is 4.79 Å². The van der Waals surface area contributed by atoms with E-state index in [4.69, 9.17) is 5.11 Å². The number of carboxylic acids is 1. The third-order valence-electron chi connectivity index (χ3n) is 3.77. The minimum atomic E-state index is -0.672. The van der Waals surface area contributed by atoms with Gasteiger partial charge in [0.15, 0.2) is 0 Å². The van der Waals surface area contributed by atoms with E-state index in [1.165, 1.54) is 57.8 Å². The van der Waals surface area contributed by atoms with Gasteiger partial charge in [-0.15, -0.1) is 0 Å². The summed E-state index contributed by atoms with van der Waals surface area (Å²) in [6, 6.07) is 0. The first-order chi connectivity index (χ1) is 9.22. The molecule has 0 spiro atoms. The Hall–Kier alpha value is -0.530. The van der Waals surface area contributed by atoms with Crippen molar-refractivity contribution in [1.82, 2.24) is 0 Å². The molecule has 1 radical (unpaired) electrons. The summed E-state index contributed by atoms with van der Waals surface area (Å²) in [5.74, 6) is -0.909. The minimum absolute atomic E-state index is 0.237. The predicted octanol–water partition coefficient (Wildman–Crippen LogP) is 5.61. The molecule has 0 amide bonds. The Labute approximate surface area is 120 Å². The zero-order chi connectivity index (χ0) is 14.3. The first kappa shape index (κ1) is 18.5. The zero-order valence-electron chi connectivity index (χ0n) is 13.0. The first-order valence-corrected chi connectivity index (χ1v) is 8.28. The Morgan fingerprint density at radius 1 is 0.895 bits per heavy atom. The van der Waals surface area contributed by atoms with Crippen LogP contribution in [0.4, 0.5) is 0 Å². The van der Waals surface area contributed by atoms with E-state index in [1.807, 2.05) is 13.3 Å². The Bertz CT molecular complexity index is 201. The third kappa shape index (κ3) is 12.3. The van der Waals surface area contributed by atoms with Crippen LogP contribution in [0.1, 0.15) is 90.9 Å². The smallest absolute Gasteiger partial charge is 0.306 e. The average Bonchev–Trinajstić information content (AvgIpc) is 2.40. The van der Waals surface area contributed by atoms with Gasteiger partial charge in [0.25, 0.3) is 0 Å². The molecule has 0 aromatic rings. The number of unbranched alkanes of at least 4 members (excludes halogenated alkanes) is 10. The van der Waals surface area contributed by atoms with Crippen molar-refractivity contribution in [1.29, 1.82) is 0 Å². The van der Waals surface area contributed by atoms with Crippen LogP contribution in [0.5, 0.6) is 0 Å². The molecule has 19 heavy (non-hydrogen) atoms. The Balaban J connectivity index is 3.16. The number of aliphatic carboxylic acids is 1. The second-order valence-electron chi connectivity index (χ2n) is 5.56. The fourth-order valence-electron chi connectivity index (χ4n) is 2.39. The molecule has 0 aliphatic carbocycles. The normalized spacial score (nSPS) is 12.5. The molecule has 0 aliphatic rings. The molecule has 1 unspecified atom stereocenters. The highest BCUT2D eigenvalue weighted by atomic mass is 16.4. The van der Waals surface area contributed by atoms with Crippen LogP contribution in [0.2, 0.25) is 0 Å². The van der Waals surface area contributed by atoms with Crippen molar-refractivity contribution < 1.29 is 9.90 Å². The summed E-state index contributed by atoms with van der Waals surface area (Å²) in [7, 11) is 0. The molecule has 0 aromatic heterocycles. The lowest BCUT2D eigenvalue weighted by molar-refractivity contribution is -0.140. The lowest BCUT2D eigenvalue weighted by Crippen LogP contribution is -2.12. The van der Waals surface area contributed by atoms with Crippen LogP contribution in [-0.2, 0) is 4.79 Å². The van der Waals surface area contributed by atoms with Crippen LogP contribution in [0.3, 0.4) is 0 Å². The fraction of sp³-hybridized carbons (Fsp3) is 0.882. The molecule has 0 bridgehead atoms. The quantitative estimate of drug-likeness (QED) is 0.416. The molecule has 1 atom stereocenters. The summed E-state index contributed by atoms with van der Waals surface area (Å²) in [5, 5.41) is 8.90. The lowest BCUT2D eigenvalue weighted by atomic mass is 9.98. The summed E-state index contributed by atoms with van der Waals surface area (Å²) < 4.78 is 0. The number of hydrogen-bond acceptors (Lipinski definition) is 1. The van der Waals surface area contributed by atoms with Gasteiger partial charge in [-0.1, -0.05) is 78.1 Å². The molecule has 2 heteroatoms. The van der Waals surface area contributed by atoms with Crippen LogP contribution in [0.25, 0.3) is 0 Å². The Kier molecular flexibility index (Phi) is 13.5. The monoisotopic (exact) mass is 269 g/mol. The van der Waals surface area contributed by atoms with E-state index < -0.39 is 5.97 Å². The molecule has 0 rings (SSSR count). The molecular weight excluding hydrogens is 236 g/mol. The molecule has 113 valence electrons. The second-order valence-corrected chi connectivity index (χ2v) is 5.56. The molecule has 0 aliphatic heterocycles. The van der Waals surface area contributed by atoms with Gasteiger partial charge < -0.3 is 5.11 Å². The van der Waals surface area contributed by atoms with Crippen LogP contribution in [-0.4, -0.2) is 11.1 Å². The molecule has 0 heterocycles. The van der Waals surface area contributed by atoms with Crippen molar-refractivity contribution in [3.63, 3.8) is 0 Å². The van der Waals surface area contributed by atoms with Crippen LogP contribution >= 0.6 is 0 Å². The highest BCUT2D eigenvalue weighted by Crippen LogP contribution is 2.15. The number of rotatable bonds is 14. The predicted molar refractivity (Wildman–Crippen MR) is 82.2 cm³/mol. The Morgan fingerprint density at radius 3 is 1.79 bits per heavy atom. The van der Waals surface area contributed by atoms with Crippen LogP contribution < -0.4 is 0 Å². The number of hydrogen-bond donors (Lipinski definition) is 1. The zero-order valence-corrected chi connectivity index (χ0v) is 13.0. The maximum atomic E-state index is 10.8. The van der Waals surface area contributed by atoms with Gasteiger partial charge in [0.1, 0.15) is 0 Å². The minimum Gasteiger partial charge on any atom is -0.481 e. The lowest BCUT2D eigenvalue weighted by Gasteiger charge is -2.08.